The summed E-state index contributed by atoms with van der Waals surface area (Å²) in [5, 5.41) is 3.24. The van der Waals surface area contributed by atoms with Gasteiger partial charge in [-0.25, -0.2) is 0 Å². The highest BCUT2D eigenvalue weighted by Crippen LogP contribution is 2.40. The summed E-state index contributed by atoms with van der Waals surface area (Å²) in [6.07, 6.45) is 8.03. The average Bonchev–Trinajstić information content (AvgIpc) is 3.02. The van der Waals surface area contributed by atoms with Crippen LogP contribution in [0.4, 0.5) is 0 Å². The van der Waals surface area contributed by atoms with Gasteiger partial charge in [0.15, 0.2) is 0 Å². The molecule has 0 aromatic rings. The Bertz CT molecular complexity index is 350. The summed E-state index contributed by atoms with van der Waals surface area (Å²) in [5.41, 5.74) is 5.63. The van der Waals surface area contributed by atoms with Crippen molar-refractivity contribution in [3.8, 4) is 0 Å². The van der Waals surface area contributed by atoms with Gasteiger partial charge in [0.2, 0.25) is 5.91 Å². The highest BCUT2D eigenvalue weighted by atomic mass is 16.5. The van der Waals surface area contributed by atoms with E-state index in [2.05, 4.69) is 12.2 Å². The molecule has 2 bridgehead atoms. The first kappa shape index (κ1) is 13.4. The van der Waals surface area contributed by atoms with Crippen molar-refractivity contribution in [2.45, 2.75) is 70.1 Å². The van der Waals surface area contributed by atoms with E-state index in [0.29, 0.717) is 12.6 Å². The fraction of sp³-hybridized carbons (Fsp3) is 0.933. The molecule has 3 N–H and O–H groups in total. The summed E-state index contributed by atoms with van der Waals surface area (Å²) >= 11 is 0. The van der Waals surface area contributed by atoms with E-state index in [1.54, 1.807) is 0 Å². The van der Waals surface area contributed by atoms with Gasteiger partial charge >= 0.3 is 0 Å². The molecule has 19 heavy (non-hydrogen) atoms. The van der Waals surface area contributed by atoms with Gasteiger partial charge in [-0.3, -0.25) is 4.79 Å². The van der Waals surface area contributed by atoms with Crippen LogP contribution in [0.3, 0.4) is 0 Å². The Balaban J connectivity index is 1.62. The lowest BCUT2D eigenvalue weighted by molar-refractivity contribution is -0.134. The molecule has 1 aliphatic carbocycles. The number of amides is 1. The van der Waals surface area contributed by atoms with Crippen LogP contribution in [0.5, 0.6) is 0 Å². The third kappa shape index (κ3) is 2.40. The number of rotatable bonds is 3. The smallest absolute Gasteiger partial charge is 0.227 e. The van der Waals surface area contributed by atoms with Gasteiger partial charge < -0.3 is 15.8 Å². The largest absolute Gasteiger partial charge is 0.373 e. The van der Waals surface area contributed by atoms with Crippen molar-refractivity contribution in [1.29, 1.82) is 0 Å². The van der Waals surface area contributed by atoms with E-state index in [1.165, 1.54) is 0 Å². The molecule has 3 fully saturated rings. The highest BCUT2D eigenvalue weighted by Gasteiger charge is 2.45. The molecule has 3 rings (SSSR count). The molecular weight excluding hydrogens is 240 g/mol. The third-order valence-electron chi connectivity index (χ3n) is 5.53. The van der Waals surface area contributed by atoms with Crippen molar-refractivity contribution in [3.63, 3.8) is 0 Å². The lowest BCUT2D eigenvalue weighted by Gasteiger charge is -2.38. The van der Waals surface area contributed by atoms with Crippen LogP contribution in [-0.4, -0.2) is 30.7 Å². The fourth-order valence-electron chi connectivity index (χ4n) is 3.95. The Labute approximate surface area is 115 Å². The first-order valence-corrected chi connectivity index (χ1v) is 7.79. The van der Waals surface area contributed by atoms with E-state index in [1.807, 2.05) is 0 Å². The Morgan fingerprint density at radius 2 is 2.05 bits per heavy atom. The van der Waals surface area contributed by atoms with Gasteiger partial charge in [0, 0.05) is 6.54 Å². The molecule has 3 atom stereocenters. The first-order chi connectivity index (χ1) is 9.13. The summed E-state index contributed by atoms with van der Waals surface area (Å²) < 4.78 is 5.81. The molecule has 3 unspecified atom stereocenters. The minimum Gasteiger partial charge on any atom is -0.373 e. The zero-order chi connectivity index (χ0) is 13.5. The zero-order valence-corrected chi connectivity index (χ0v) is 11.9. The predicted octanol–water partition coefficient (Wildman–Crippen LogP) is 1.58. The normalized spacial score (nSPS) is 45.4. The number of hydrogen-bond acceptors (Lipinski definition) is 3. The van der Waals surface area contributed by atoms with Gasteiger partial charge in [-0.1, -0.05) is 6.92 Å². The van der Waals surface area contributed by atoms with Crippen molar-refractivity contribution in [2.75, 3.05) is 6.54 Å². The second-order valence-corrected chi connectivity index (χ2v) is 6.86. The molecule has 0 spiro atoms. The maximum absolute atomic E-state index is 12.6. The molecule has 2 heterocycles. The Morgan fingerprint density at radius 1 is 1.32 bits per heavy atom. The molecule has 4 heteroatoms. The minimum absolute atomic E-state index is 0.183. The van der Waals surface area contributed by atoms with Crippen LogP contribution in [0.15, 0.2) is 0 Å². The lowest BCUT2D eigenvalue weighted by atomic mass is 9.70. The van der Waals surface area contributed by atoms with Gasteiger partial charge in [0.25, 0.3) is 0 Å². The molecule has 1 amide bonds. The zero-order valence-electron chi connectivity index (χ0n) is 11.9. The van der Waals surface area contributed by atoms with Crippen molar-refractivity contribution in [1.82, 2.24) is 5.32 Å². The third-order valence-corrected chi connectivity index (χ3v) is 5.53. The number of carbonyl (C=O) groups excluding carboxylic acids is 1. The van der Waals surface area contributed by atoms with Gasteiger partial charge in [-0.05, 0) is 50.9 Å². The van der Waals surface area contributed by atoms with Crippen LogP contribution in [-0.2, 0) is 9.53 Å². The first-order valence-electron chi connectivity index (χ1n) is 7.79. The highest BCUT2D eigenvalue weighted by molar-refractivity contribution is 5.83. The van der Waals surface area contributed by atoms with Crippen LogP contribution < -0.4 is 11.1 Å². The van der Waals surface area contributed by atoms with E-state index in [9.17, 15) is 4.79 Å². The second kappa shape index (κ2) is 5.06. The molecule has 0 aromatic carbocycles. The van der Waals surface area contributed by atoms with Gasteiger partial charge in [-0.2, -0.15) is 0 Å². The van der Waals surface area contributed by atoms with E-state index >= 15 is 0 Å². The van der Waals surface area contributed by atoms with Crippen molar-refractivity contribution in [3.05, 3.63) is 0 Å². The number of nitrogens with two attached hydrogens (primary N) is 1. The second-order valence-electron chi connectivity index (χ2n) is 6.86. The quantitative estimate of drug-likeness (QED) is 0.815. The molecule has 1 saturated carbocycles. The fourth-order valence-corrected chi connectivity index (χ4v) is 3.95. The van der Waals surface area contributed by atoms with Crippen molar-refractivity contribution < 1.29 is 9.53 Å². The molecule has 4 nitrogen and oxygen atoms in total. The van der Waals surface area contributed by atoms with Gasteiger partial charge in [0.1, 0.15) is 0 Å². The lowest BCUT2D eigenvalue weighted by Crippen LogP contribution is -2.52. The number of carbonyl (C=O) groups is 1. The Kier molecular flexibility index (Phi) is 3.56. The molecule has 2 aliphatic heterocycles. The molecule has 108 valence electrons. The van der Waals surface area contributed by atoms with E-state index in [-0.39, 0.29) is 23.5 Å². The maximum Gasteiger partial charge on any atom is 0.227 e. The van der Waals surface area contributed by atoms with Crippen LogP contribution in [0.25, 0.3) is 0 Å². The van der Waals surface area contributed by atoms with Crippen LogP contribution in [0.1, 0.15) is 51.9 Å². The predicted molar refractivity (Wildman–Crippen MR) is 73.6 cm³/mol. The number of nitrogens with one attached hydrogen (secondary N) is 1. The van der Waals surface area contributed by atoms with E-state index < -0.39 is 0 Å². The summed E-state index contributed by atoms with van der Waals surface area (Å²) in [4.78, 5) is 12.6. The summed E-state index contributed by atoms with van der Waals surface area (Å²) in [5.74, 6) is 0.918. The molecule has 0 aromatic heterocycles. The van der Waals surface area contributed by atoms with Crippen LogP contribution >= 0.6 is 0 Å². The number of fused-ring (bicyclic) bond motifs is 2. The molecule has 3 aliphatic rings. The minimum atomic E-state index is -0.311. The Hall–Kier alpha value is -0.610. The summed E-state index contributed by atoms with van der Waals surface area (Å²) in [6, 6.07) is 0.231. The molecular formula is C15H26N2O2. The standard InChI is InChI=1S/C15H26N2O2/c1-10-4-6-15(9-16,7-5-10)14(18)17-12-8-11-2-3-13(12)19-11/h10-13H,2-9,16H2,1H3,(H,17,18). The van der Waals surface area contributed by atoms with Crippen molar-refractivity contribution in [2.24, 2.45) is 17.1 Å². The molecule has 2 saturated heterocycles. The van der Waals surface area contributed by atoms with Gasteiger partial charge in [-0.15, -0.1) is 0 Å². The monoisotopic (exact) mass is 266 g/mol. The number of hydrogen-bond donors (Lipinski definition) is 2. The number of ether oxygens (including phenoxy) is 1. The maximum atomic E-state index is 12.6. The topological polar surface area (TPSA) is 64.4 Å². The summed E-state index contributed by atoms with van der Waals surface area (Å²) in [6.45, 7) is 2.75. The van der Waals surface area contributed by atoms with E-state index in [4.69, 9.17) is 10.5 Å². The Morgan fingerprint density at radius 3 is 2.58 bits per heavy atom. The SMILES string of the molecule is CC1CCC(CN)(C(=O)NC2CC3CCC2O3)CC1. The van der Waals surface area contributed by atoms with E-state index in [0.717, 1.165) is 50.9 Å². The van der Waals surface area contributed by atoms with Gasteiger partial charge in [0.05, 0.1) is 23.7 Å². The molecule has 0 radical (unpaired) electrons. The van der Waals surface area contributed by atoms with Crippen LogP contribution in [0, 0.1) is 11.3 Å². The average molecular weight is 266 g/mol. The summed E-state index contributed by atoms with van der Waals surface area (Å²) in [7, 11) is 0. The van der Waals surface area contributed by atoms with Crippen LogP contribution in [0.2, 0.25) is 0 Å². The van der Waals surface area contributed by atoms with Crippen molar-refractivity contribution >= 4 is 5.91 Å².